The number of carbonyl (C=O) groups excluding carboxylic acids is 4. The van der Waals surface area contributed by atoms with Gasteiger partial charge in [-0.25, -0.2) is 9.59 Å². The third kappa shape index (κ3) is 12.7. The van der Waals surface area contributed by atoms with Gasteiger partial charge in [0.15, 0.2) is 0 Å². The maximum absolute atomic E-state index is 13.8. The van der Waals surface area contributed by atoms with Gasteiger partial charge in [-0.1, -0.05) is 96.1 Å². The highest BCUT2D eigenvalue weighted by atomic mass is 16.5. The summed E-state index contributed by atoms with van der Waals surface area (Å²) < 4.78 is 9.55. The molecule has 0 bridgehead atoms. The lowest BCUT2D eigenvalue weighted by Crippen LogP contribution is -2.59. The summed E-state index contributed by atoms with van der Waals surface area (Å²) in [4.78, 5) is 60.5. The molecule has 3 aromatic rings. The van der Waals surface area contributed by atoms with E-state index in [1.807, 2.05) is 96.1 Å². The Hall–Kier alpha value is -5.04. The minimum atomic E-state index is -1.16. The van der Waals surface area contributed by atoms with Gasteiger partial charge in [-0.3, -0.25) is 19.6 Å². The van der Waals surface area contributed by atoms with Crippen LogP contribution < -0.4 is 21.3 Å². The minimum Gasteiger partial charge on any atom is -0.453 e. The number of alkyl carbamates (subject to hydrolysis) is 2. The van der Waals surface area contributed by atoms with Crippen molar-refractivity contribution >= 4 is 24.0 Å². The first-order chi connectivity index (χ1) is 24.0. The molecule has 0 unspecified atom stereocenters. The van der Waals surface area contributed by atoms with Gasteiger partial charge in [0.05, 0.1) is 38.3 Å². The third-order valence-electron chi connectivity index (χ3n) is 8.41. The van der Waals surface area contributed by atoms with E-state index >= 15 is 0 Å². The number of carbonyl (C=O) groups is 4. The number of ether oxygens (including phenoxy) is 2. The molecule has 13 heteroatoms. The van der Waals surface area contributed by atoms with Crippen LogP contribution in [0.5, 0.6) is 0 Å². The van der Waals surface area contributed by atoms with Gasteiger partial charge in [-0.2, -0.15) is 0 Å². The van der Waals surface area contributed by atoms with Crippen molar-refractivity contribution in [1.82, 2.24) is 31.2 Å². The molecule has 276 valence electrons. The lowest BCUT2D eigenvalue weighted by atomic mass is 9.85. The second-order valence-electron chi connectivity index (χ2n) is 14.7. The molecule has 1 aromatic heterocycles. The fourth-order valence-electron chi connectivity index (χ4n) is 5.60. The number of aliphatic hydroxyl groups excluding tert-OH is 1. The number of hydrogen-bond acceptors (Lipinski definition) is 9. The van der Waals surface area contributed by atoms with E-state index in [4.69, 9.17) is 9.47 Å². The molecule has 4 amide bonds. The maximum Gasteiger partial charge on any atom is 0.407 e. The van der Waals surface area contributed by atoms with E-state index < -0.39 is 65.1 Å². The van der Waals surface area contributed by atoms with Crippen molar-refractivity contribution in [2.24, 2.45) is 10.8 Å². The van der Waals surface area contributed by atoms with Crippen molar-refractivity contribution in [2.75, 3.05) is 14.2 Å². The van der Waals surface area contributed by atoms with Gasteiger partial charge >= 0.3 is 12.2 Å². The highest BCUT2D eigenvalue weighted by Gasteiger charge is 2.37. The Kier molecular flexibility index (Phi) is 14.5. The quantitative estimate of drug-likeness (QED) is 0.164. The Balaban J connectivity index is 1.96. The number of nitrogens with zero attached hydrogens (tertiary/aromatic N) is 2. The van der Waals surface area contributed by atoms with Crippen LogP contribution in [0, 0.1) is 10.8 Å². The number of aliphatic hydroxyl groups is 1. The average molecular weight is 705 g/mol. The Bertz CT molecular complexity index is 1570. The molecule has 0 aliphatic heterocycles. The molecule has 0 saturated carbocycles. The van der Waals surface area contributed by atoms with E-state index in [1.54, 1.807) is 18.6 Å². The largest absolute Gasteiger partial charge is 0.453 e. The molecule has 5 N–H and O–H groups in total. The second-order valence-corrected chi connectivity index (χ2v) is 14.7. The summed E-state index contributed by atoms with van der Waals surface area (Å²) in [6, 6.07) is 13.7. The summed E-state index contributed by atoms with van der Waals surface area (Å²) >= 11 is 0. The Labute approximate surface area is 300 Å². The predicted octanol–water partition coefficient (Wildman–Crippen LogP) is 4.19. The van der Waals surface area contributed by atoms with Gasteiger partial charge in [-0.05, 0) is 41.2 Å². The topological polar surface area (TPSA) is 181 Å². The summed E-state index contributed by atoms with van der Waals surface area (Å²) in [6.07, 6.45) is 2.83. The molecule has 0 aliphatic rings. The molecular formula is C38H52N6O7. The molecule has 1 heterocycles. The molecule has 13 nitrogen and oxygen atoms in total. The number of amides is 4. The van der Waals surface area contributed by atoms with Gasteiger partial charge in [0, 0.05) is 24.0 Å². The number of rotatable bonds is 14. The van der Waals surface area contributed by atoms with Crippen molar-refractivity contribution in [3.63, 3.8) is 0 Å². The van der Waals surface area contributed by atoms with E-state index in [9.17, 15) is 24.3 Å². The molecule has 0 aliphatic carbocycles. The fourth-order valence-corrected chi connectivity index (χ4v) is 5.60. The number of methoxy groups -OCH3 is 2. The Morgan fingerprint density at radius 2 is 1.24 bits per heavy atom. The Morgan fingerprint density at radius 1 is 0.706 bits per heavy atom. The highest BCUT2D eigenvalue weighted by Crippen LogP contribution is 2.23. The number of aromatic nitrogens is 2. The molecular weight excluding hydrogens is 652 g/mol. The normalized spacial score (nSPS) is 14.5. The van der Waals surface area contributed by atoms with Crippen LogP contribution in [-0.4, -0.2) is 83.6 Å². The summed E-state index contributed by atoms with van der Waals surface area (Å²) in [5.74, 6) is -0.955. The maximum atomic E-state index is 13.8. The van der Waals surface area contributed by atoms with Crippen LogP contribution >= 0.6 is 0 Å². The lowest BCUT2D eigenvalue weighted by Gasteiger charge is -2.34. The van der Waals surface area contributed by atoms with Crippen LogP contribution in [0.4, 0.5) is 9.59 Å². The van der Waals surface area contributed by atoms with Crippen LogP contribution in [0.1, 0.15) is 59.1 Å². The highest BCUT2D eigenvalue weighted by molar-refractivity contribution is 5.87. The molecule has 0 saturated heterocycles. The standard InChI is InChI=1S/C38H52N6O7/c1-37(2,3)31(43-35(48)50-7)33(46)41-27(20-24-12-10-9-11-13-24)22-30(45)28(42-34(47)32(38(4,5)6)44-36(49)51-8)21-25-14-16-26(17-15-25)29-23-39-18-19-40-29/h9-19,23,27-28,30-32,45H,20-22H2,1-8H3,(H,41,46)(H,42,47)(H,43,48)(H,44,49)/t27-,28-,30-,31+,32+/m0/s1. The van der Waals surface area contributed by atoms with Gasteiger partial charge < -0.3 is 35.8 Å². The number of hydrogen-bond donors (Lipinski definition) is 5. The molecule has 51 heavy (non-hydrogen) atoms. The van der Waals surface area contributed by atoms with Gasteiger partial charge in [0.2, 0.25) is 11.8 Å². The van der Waals surface area contributed by atoms with Gasteiger partial charge in [0.1, 0.15) is 12.1 Å². The predicted molar refractivity (Wildman–Crippen MR) is 193 cm³/mol. The van der Waals surface area contributed by atoms with E-state index in [0.29, 0.717) is 12.1 Å². The zero-order valence-corrected chi connectivity index (χ0v) is 30.7. The molecule has 0 radical (unpaired) electrons. The van der Waals surface area contributed by atoms with Crippen LogP contribution in [0.3, 0.4) is 0 Å². The first-order valence-corrected chi connectivity index (χ1v) is 16.9. The van der Waals surface area contributed by atoms with Crippen LogP contribution in [0.15, 0.2) is 73.2 Å². The smallest absolute Gasteiger partial charge is 0.407 e. The van der Waals surface area contributed by atoms with Crippen LogP contribution in [-0.2, 0) is 31.9 Å². The zero-order valence-electron chi connectivity index (χ0n) is 30.7. The van der Waals surface area contributed by atoms with E-state index in [-0.39, 0.29) is 12.8 Å². The average Bonchev–Trinajstić information content (AvgIpc) is 3.08. The zero-order chi connectivity index (χ0) is 37.8. The van der Waals surface area contributed by atoms with Crippen molar-refractivity contribution in [1.29, 1.82) is 0 Å². The van der Waals surface area contributed by atoms with Crippen LogP contribution in [0.25, 0.3) is 11.3 Å². The molecule has 0 spiro atoms. The van der Waals surface area contributed by atoms with E-state index in [2.05, 4.69) is 31.2 Å². The first kappa shape index (κ1) is 40.4. The number of nitrogens with one attached hydrogen (secondary N) is 4. The summed E-state index contributed by atoms with van der Waals surface area (Å²) in [7, 11) is 2.44. The van der Waals surface area contributed by atoms with Crippen molar-refractivity contribution in [2.45, 2.75) is 91.1 Å². The summed E-state index contributed by atoms with van der Waals surface area (Å²) in [5.41, 5.74) is 1.91. The van der Waals surface area contributed by atoms with Crippen molar-refractivity contribution in [3.8, 4) is 11.3 Å². The molecule has 2 aromatic carbocycles. The SMILES string of the molecule is COC(=O)N[C@H](C(=O)N[C@@H](Cc1ccccc1)C[C@H](O)[C@H](Cc1ccc(-c2cnccn2)cc1)NC(=O)[C@@H](NC(=O)OC)C(C)(C)C)C(C)(C)C. The van der Waals surface area contributed by atoms with Crippen molar-refractivity contribution < 1.29 is 33.8 Å². The monoisotopic (exact) mass is 704 g/mol. The van der Waals surface area contributed by atoms with E-state index in [1.165, 1.54) is 14.2 Å². The fraction of sp³-hybridized carbons (Fsp3) is 0.474. The van der Waals surface area contributed by atoms with Crippen LogP contribution in [0.2, 0.25) is 0 Å². The minimum absolute atomic E-state index is 0.0446. The Morgan fingerprint density at radius 3 is 1.73 bits per heavy atom. The third-order valence-corrected chi connectivity index (χ3v) is 8.41. The summed E-state index contributed by atoms with van der Waals surface area (Å²) in [5, 5.41) is 23.2. The van der Waals surface area contributed by atoms with Crippen molar-refractivity contribution in [3.05, 3.63) is 84.3 Å². The second kappa shape index (κ2) is 18.3. The molecule has 5 atom stereocenters. The van der Waals surface area contributed by atoms with Gasteiger partial charge in [-0.15, -0.1) is 0 Å². The molecule has 3 rings (SSSR count). The number of benzene rings is 2. The van der Waals surface area contributed by atoms with E-state index in [0.717, 1.165) is 16.7 Å². The van der Waals surface area contributed by atoms with Gasteiger partial charge in [0.25, 0.3) is 0 Å². The summed E-state index contributed by atoms with van der Waals surface area (Å²) in [6.45, 7) is 10.9. The molecule has 0 fully saturated rings. The lowest BCUT2D eigenvalue weighted by molar-refractivity contribution is -0.128. The first-order valence-electron chi connectivity index (χ1n) is 16.9.